The lowest BCUT2D eigenvalue weighted by Gasteiger charge is -2.35. The van der Waals surface area contributed by atoms with Crippen molar-refractivity contribution in [2.24, 2.45) is 0 Å². The molecule has 0 amide bonds. The Morgan fingerprint density at radius 3 is 2.11 bits per heavy atom. The number of rotatable bonds is 2. The van der Waals surface area contributed by atoms with E-state index in [0.29, 0.717) is 19.6 Å². The van der Waals surface area contributed by atoms with Gasteiger partial charge in [0.2, 0.25) is 0 Å². The standard InChI is InChI=1S/C9H9BrFN.C5H10O2/c10-8-3-1-7(2-4-8)9(11)5-12-6-9;1-5(2,3)7-4-6/h1-4,12H,5-6H2;4H,1-3H3. The van der Waals surface area contributed by atoms with Crippen molar-refractivity contribution in [1.82, 2.24) is 5.32 Å². The maximum Gasteiger partial charge on any atom is 0.293 e. The first-order chi connectivity index (χ1) is 8.77. The second-order valence-electron chi connectivity index (χ2n) is 5.40. The minimum atomic E-state index is -1.12. The molecule has 1 aromatic rings. The van der Waals surface area contributed by atoms with Gasteiger partial charge in [-0.05, 0) is 38.5 Å². The number of nitrogens with one attached hydrogen (secondary N) is 1. The van der Waals surface area contributed by atoms with Crippen molar-refractivity contribution in [3.05, 3.63) is 34.3 Å². The summed E-state index contributed by atoms with van der Waals surface area (Å²) in [4.78, 5) is 9.60. The summed E-state index contributed by atoms with van der Waals surface area (Å²) in [5.74, 6) is 0. The Morgan fingerprint density at radius 2 is 1.84 bits per heavy atom. The Bertz CT molecular complexity index is 410. The minimum Gasteiger partial charge on any atom is -0.462 e. The first kappa shape index (κ1) is 16.1. The second kappa shape index (κ2) is 6.48. The fourth-order valence-corrected chi connectivity index (χ4v) is 1.71. The molecule has 0 saturated carbocycles. The number of carbonyl (C=O) groups is 1. The normalized spacial score (nSPS) is 16.7. The van der Waals surface area contributed by atoms with E-state index < -0.39 is 5.67 Å². The molecule has 106 valence electrons. The van der Waals surface area contributed by atoms with Gasteiger partial charge in [-0.15, -0.1) is 0 Å². The molecule has 1 saturated heterocycles. The minimum absolute atomic E-state index is 0.318. The molecule has 1 fully saturated rings. The molecule has 0 aromatic heterocycles. The van der Waals surface area contributed by atoms with Crippen LogP contribution in [0.25, 0.3) is 0 Å². The zero-order valence-electron chi connectivity index (χ0n) is 11.4. The molecule has 1 aromatic carbocycles. The summed E-state index contributed by atoms with van der Waals surface area (Å²) in [6.45, 7) is 6.80. The Morgan fingerprint density at radius 1 is 1.32 bits per heavy atom. The van der Waals surface area contributed by atoms with E-state index in [1.165, 1.54) is 0 Å². The summed E-state index contributed by atoms with van der Waals surface area (Å²) >= 11 is 3.31. The van der Waals surface area contributed by atoms with Gasteiger partial charge in [-0.1, -0.05) is 28.1 Å². The second-order valence-corrected chi connectivity index (χ2v) is 6.32. The van der Waals surface area contributed by atoms with Crippen LogP contribution in [0.1, 0.15) is 26.3 Å². The Kier molecular flexibility index (Phi) is 5.50. The summed E-state index contributed by atoms with van der Waals surface area (Å²) < 4.78 is 19.2. The third-order valence-electron chi connectivity index (χ3n) is 2.57. The van der Waals surface area contributed by atoms with Crippen molar-refractivity contribution in [3.8, 4) is 0 Å². The first-order valence-corrected chi connectivity index (χ1v) is 6.83. The van der Waals surface area contributed by atoms with E-state index in [9.17, 15) is 9.18 Å². The van der Waals surface area contributed by atoms with Gasteiger partial charge in [0.1, 0.15) is 5.60 Å². The molecule has 0 bridgehead atoms. The summed E-state index contributed by atoms with van der Waals surface area (Å²) in [5, 5.41) is 2.93. The van der Waals surface area contributed by atoms with Crippen LogP contribution >= 0.6 is 15.9 Å². The molecule has 5 heteroatoms. The average molecular weight is 332 g/mol. The van der Waals surface area contributed by atoms with Crippen LogP contribution in [0.4, 0.5) is 4.39 Å². The fourth-order valence-electron chi connectivity index (χ4n) is 1.44. The molecule has 1 aliphatic heterocycles. The zero-order chi connectivity index (χ0) is 14.5. The number of halogens is 2. The number of hydrogen-bond donors (Lipinski definition) is 1. The molecule has 0 unspecified atom stereocenters. The smallest absolute Gasteiger partial charge is 0.293 e. The molecule has 0 radical (unpaired) electrons. The third kappa shape index (κ3) is 5.28. The molecule has 19 heavy (non-hydrogen) atoms. The molecule has 1 heterocycles. The predicted octanol–water partition coefficient (Wildman–Crippen LogP) is 3.18. The van der Waals surface area contributed by atoms with E-state index in [-0.39, 0.29) is 5.60 Å². The van der Waals surface area contributed by atoms with Crippen molar-refractivity contribution < 1.29 is 13.9 Å². The van der Waals surface area contributed by atoms with E-state index in [0.717, 1.165) is 10.0 Å². The Balaban J connectivity index is 0.000000224. The van der Waals surface area contributed by atoms with Gasteiger partial charge in [0.15, 0.2) is 5.67 Å². The third-order valence-corrected chi connectivity index (χ3v) is 3.10. The highest BCUT2D eigenvalue weighted by Gasteiger charge is 2.38. The Labute approximate surface area is 121 Å². The number of hydrogen-bond acceptors (Lipinski definition) is 3. The lowest BCUT2D eigenvalue weighted by Crippen LogP contribution is -2.53. The van der Waals surface area contributed by atoms with Gasteiger partial charge < -0.3 is 10.1 Å². The van der Waals surface area contributed by atoms with Crippen molar-refractivity contribution in [2.75, 3.05) is 13.1 Å². The van der Waals surface area contributed by atoms with Crippen molar-refractivity contribution in [2.45, 2.75) is 32.0 Å². The summed E-state index contributed by atoms with van der Waals surface area (Å²) in [7, 11) is 0. The maximum atomic E-state index is 13.7. The molecule has 3 nitrogen and oxygen atoms in total. The van der Waals surface area contributed by atoms with E-state index in [1.54, 1.807) is 0 Å². The molecule has 1 aliphatic rings. The van der Waals surface area contributed by atoms with Crippen molar-refractivity contribution in [1.29, 1.82) is 0 Å². The summed E-state index contributed by atoms with van der Waals surface area (Å²) in [5.41, 5.74) is -0.674. The SMILES string of the molecule is CC(C)(C)OC=O.FC1(c2ccc(Br)cc2)CNC1. The zero-order valence-corrected chi connectivity index (χ0v) is 13.0. The van der Waals surface area contributed by atoms with Crippen LogP contribution < -0.4 is 5.32 Å². The van der Waals surface area contributed by atoms with E-state index in [1.807, 2.05) is 45.0 Å². The lowest BCUT2D eigenvalue weighted by atomic mass is 9.90. The molecular formula is C14H19BrFNO2. The average Bonchev–Trinajstić information content (AvgIpc) is 2.26. The lowest BCUT2D eigenvalue weighted by molar-refractivity contribution is -0.138. The molecule has 2 rings (SSSR count). The molecule has 0 aliphatic carbocycles. The number of benzene rings is 1. The van der Waals surface area contributed by atoms with Crippen LogP contribution in [0.5, 0.6) is 0 Å². The predicted molar refractivity (Wildman–Crippen MR) is 76.7 cm³/mol. The van der Waals surface area contributed by atoms with Gasteiger partial charge in [-0.3, -0.25) is 4.79 Å². The van der Waals surface area contributed by atoms with Crippen LogP contribution in [0.2, 0.25) is 0 Å². The van der Waals surface area contributed by atoms with Gasteiger partial charge in [0, 0.05) is 17.6 Å². The summed E-state index contributed by atoms with van der Waals surface area (Å²) in [6.07, 6.45) is 0. The van der Waals surface area contributed by atoms with Gasteiger partial charge in [0.25, 0.3) is 6.47 Å². The molecule has 1 N–H and O–H groups in total. The molecule has 0 atom stereocenters. The van der Waals surface area contributed by atoms with Gasteiger partial charge >= 0.3 is 0 Å². The number of ether oxygens (including phenoxy) is 1. The monoisotopic (exact) mass is 331 g/mol. The number of carbonyl (C=O) groups excluding carboxylic acids is 1. The first-order valence-electron chi connectivity index (χ1n) is 6.04. The quantitative estimate of drug-likeness (QED) is 0.846. The summed E-state index contributed by atoms with van der Waals surface area (Å²) in [6, 6.07) is 7.39. The Hall–Kier alpha value is -0.940. The van der Waals surface area contributed by atoms with Crippen LogP contribution in [-0.2, 0) is 15.2 Å². The van der Waals surface area contributed by atoms with Crippen molar-refractivity contribution >= 4 is 22.4 Å². The van der Waals surface area contributed by atoms with Crippen LogP contribution in [-0.4, -0.2) is 25.2 Å². The van der Waals surface area contributed by atoms with Gasteiger partial charge in [-0.2, -0.15) is 0 Å². The fraction of sp³-hybridized carbons (Fsp3) is 0.500. The van der Waals surface area contributed by atoms with Gasteiger partial charge in [-0.25, -0.2) is 4.39 Å². The molecular weight excluding hydrogens is 313 g/mol. The highest BCUT2D eigenvalue weighted by molar-refractivity contribution is 9.10. The maximum absolute atomic E-state index is 13.7. The van der Waals surface area contributed by atoms with Crippen LogP contribution in [0.15, 0.2) is 28.7 Å². The highest BCUT2D eigenvalue weighted by atomic mass is 79.9. The molecule has 0 spiro atoms. The van der Waals surface area contributed by atoms with Crippen LogP contribution in [0, 0.1) is 0 Å². The topological polar surface area (TPSA) is 38.3 Å². The van der Waals surface area contributed by atoms with Gasteiger partial charge in [0.05, 0.1) is 0 Å². The van der Waals surface area contributed by atoms with E-state index in [4.69, 9.17) is 0 Å². The highest BCUT2D eigenvalue weighted by Crippen LogP contribution is 2.30. The van der Waals surface area contributed by atoms with Crippen LogP contribution in [0.3, 0.4) is 0 Å². The number of alkyl halides is 1. The largest absolute Gasteiger partial charge is 0.462 e. The van der Waals surface area contributed by atoms with Crippen molar-refractivity contribution in [3.63, 3.8) is 0 Å². The van der Waals surface area contributed by atoms with E-state index >= 15 is 0 Å². The van der Waals surface area contributed by atoms with E-state index in [2.05, 4.69) is 26.0 Å².